The molecule has 0 unspecified atom stereocenters. The van der Waals surface area contributed by atoms with Gasteiger partial charge in [0, 0.05) is 5.92 Å². The van der Waals surface area contributed by atoms with Crippen molar-refractivity contribution in [3.05, 3.63) is 0 Å². The van der Waals surface area contributed by atoms with Gasteiger partial charge in [0.05, 0.1) is 0 Å². The van der Waals surface area contributed by atoms with Crippen molar-refractivity contribution < 1.29 is 10.0 Å². The van der Waals surface area contributed by atoms with E-state index < -0.39 is 0 Å². The lowest BCUT2D eigenvalue weighted by atomic mass is 10.2. The quantitative estimate of drug-likeness (QED) is 0.412. The highest BCUT2D eigenvalue weighted by Crippen LogP contribution is 1.87. The van der Waals surface area contributed by atoms with Gasteiger partial charge in [-0.05, 0) is 0 Å². The first-order valence-corrected chi connectivity index (χ1v) is 2.12. The van der Waals surface area contributed by atoms with E-state index in [2.05, 4.69) is 0 Å². The summed E-state index contributed by atoms with van der Waals surface area (Å²) in [6.07, 6.45) is 0. The Labute approximate surface area is 54.4 Å². The molecule has 0 aliphatic heterocycles. The van der Waals surface area contributed by atoms with Gasteiger partial charge in [-0.3, -0.25) is 10.0 Å². The van der Waals surface area contributed by atoms with Gasteiger partial charge < -0.3 is 0 Å². The maximum Gasteiger partial charge on any atom is 0.245 e. The summed E-state index contributed by atoms with van der Waals surface area (Å²) in [7, 11) is 0. The maximum absolute atomic E-state index is 10.2. The average Bonchev–Trinajstić information content (AvgIpc) is 1.65. The van der Waals surface area contributed by atoms with E-state index in [-0.39, 0.29) is 24.2 Å². The molecule has 0 radical (unpaired) electrons. The van der Waals surface area contributed by atoms with Crippen LogP contribution < -0.4 is 5.48 Å². The minimum atomic E-state index is -0.347. The molecule has 4 heteroatoms. The SMILES string of the molecule is CC(C)C(=O)NO.Cl. The van der Waals surface area contributed by atoms with Crippen molar-refractivity contribution in [1.82, 2.24) is 5.48 Å². The van der Waals surface area contributed by atoms with Gasteiger partial charge in [0.15, 0.2) is 0 Å². The first kappa shape index (κ1) is 10.7. The highest BCUT2D eigenvalue weighted by Gasteiger charge is 2.01. The first-order valence-electron chi connectivity index (χ1n) is 2.12. The van der Waals surface area contributed by atoms with Crippen molar-refractivity contribution in [3.63, 3.8) is 0 Å². The number of halogens is 1. The van der Waals surface area contributed by atoms with Crippen molar-refractivity contribution >= 4 is 18.3 Å². The van der Waals surface area contributed by atoms with Crippen molar-refractivity contribution in [2.45, 2.75) is 13.8 Å². The normalized spacial score (nSPS) is 8.00. The van der Waals surface area contributed by atoms with Crippen LogP contribution >= 0.6 is 12.4 Å². The summed E-state index contributed by atoms with van der Waals surface area (Å²) in [5.74, 6) is -0.481. The number of carbonyl (C=O) groups excluding carboxylic acids is 1. The summed E-state index contributed by atoms with van der Waals surface area (Å²) in [4.78, 5) is 10.2. The molecule has 0 atom stereocenters. The molecule has 0 saturated carbocycles. The molecule has 0 spiro atoms. The van der Waals surface area contributed by atoms with Crippen molar-refractivity contribution in [3.8, 4) is 0 Å². The highest BCUT2D eigenvalue weighted by molar-refractivity contribution is 5.85. The van der Waals surface area contributed by atoms with E-state index in [0.717, 1.165) is 0 Å². The van der Waals surface area contributed by atoms with Crippen molar-refractivity contribution in [2.75, 3.05) is 0 Å². The van der Waals surface area contributed by atoms with Gasteiger partial charge in [-0.15, -0.1) is 12.4 Å². The second kappa shape index (κ2) is 4.87. The summed E-state index contributed by atoms with van der Waals surface area (Å²) >= 11 is 0. The molecular formula is C4H10ClNO2. The van der Waals surface area contributed by atoms with Gasteiger partial charge >= 0.3 is 0 Å². The molecule has 0 aliphatic rings. The molecule has 0 aliphatic carbocycles. The smallest absolute Gasteiger partial charge is 0.245 e. The van der Waals surface area contributed by atoms with Crippen LogP contribution in [0.3, 0.4) is 0 Å². The molecule has 8 heavy (non-hydrogen) atoms. The lowest BCUT2D eigenvalue weighted by Crippen LogP contribution is -2.23. The lowest BCUT2D eigenvalue weighted by molar-refractivity contribution is -0.132. The molecule has 0 saturated heterocycles. The van der Waals surface area contributed by atoms with E-state index in [1.165, 1.54) is 5.48 Å². The molecule has 3 nitrogen and oxygen atoms in total. The van der Waals surface area contributed by atoms with Crippen molar-refractivity contribution in [1.29, 1.82) is 0 Å². The Morgan fingerprint density at radius 2 is 2.00 bits per heavy atom. The van der Waals surface area contributed by atoms with Gasteiger partial charge in [0.1, 0.15) is 0 Å². The fraction of sp³-hybridized carbons (Fsp3) is 0.750. The monoisotopic (exact) mass is 139 g/mol. The fourth-order valence-corrected chi connectivity index (χ4v) is 0.129. The minimum absolute atomic E-state index is 0. The molecule has 0 heterocycles. The van der Waals surface area contributed by atoms with Crippen LogP contribution in [0.1, 0.15) is 13.8 Å². The van der Waals surface area contributed by atoms with E-state index in [4.69, 9.17) is 5.21 Å². The topological polar surface area (TPSA) is 49.3 Å². The van der Waals surface area contributed by atoms with Gasteiger partial charge in [-0.1, -0.05) is 13.8 Å². The zero-order chi connectivity index (χ0) is 5.86. The number of carbonyl (C=O) groups is 1. The van der Waals surface area contributed by atoms with E-state index in [9.17, 15) is 4.79 Å². The third-order valence-corrected chi connectivity index (χ3v) is 0.635. The second-order valence-corrected chi connectivity index (χ2v) is 1.63. The van der Waals surface area contributed by atoms with Gasteiger partial charge in [0.25, 0.3) is 0 Å². The Bertz CT molecular complexity index is 74.4. The Morgan fingerprint density at radius 1 is 1.62 bits per heavy atom. The summed E-state index contributed by atoms with van der Waals surface area (Å²) in [6, 6.07) is 0. The standard InChI is InChI=1S/C4H9NO2.ClH/c1-3(2)4(6)5-7;/h3,7H,1-2H3,(H,5,6);1H. The molecular weight excluding hydrogens is 130 g/mol. The Hall–Kier alpha value is -0.280. The largest absolute Gasteiger partial charge is 0.289 e. The second-order valence-electron chi connectivity index (χ2n) is 1.63. The van der Waals surface area contributed by atoms with Gasteiger partial charge in [-0.2, -0.15) is 0 Å². The van der Waals surface area contributed by atoms with Crippen LogP contribution in [0.15, 0.2) is 0 Å². The molecule has 0 bridgehead atoms. The van der Waals surface area contributed by atoms with Crippen LogP contribution in [0.2, 0.25) is 0 Å². The third-order valence-electron chi connectivity index (χ3n) is 0.635. The average molecular weight is 140 g/mol. The number of hydrogen-bond acceptors (Lipinski definition) is 2. The number of nitrogens with one attached hydrogen (secondary N) is 1. The zero-order valence-electron chi connectivity index (χ0n) is 4.84. The first-order chi connectivity index (χ1) is 3.18. The third kappa shape index (κ3) is 3.89. The van der Waals surface area contributed by atoms with Crippen LogP contribution in [-0.2, 0) is 4.79 Å². The van der Waals surface area contributed by atoms with Crippen LogP contribution in [0.25, 0.3) is 0 Å². The van der Waals surface area contributed by atoms with Gasteiger partial charge in [-0.25, -0.2) is 5.48 Å². The Morgan fingerprint density at radius 3 is 2.00 bits per heavy atom. The molecule has 0 aromatic carbocycles. The minimum Gasteiger partial charge on any atom is -0.289 e. The molecule has 1 amide bonds. The predicted octanol–water partition coefficient (Wildman–Crippen LogP) is 0.570. The number of amides is 1. The Kier molecular flexibility index (Phi) is 6.48. The summed E-state index contributed by atoms with van der Waals surface area (Å²) < 4.78 is 0. The van der Waals surface area contributed by atoms with Crippen molar-refractivity contribution in [2.24, 2.45) is 5.92 Å². The van der Waals surface area contributed by atoms with E-state index in [1.54, 1.807) is 13.8 Å². The zero-order valence-corrected chi connectivity index (χ0v) is 5.66. The van der Waals surface area contributed by atoms with Crippen LogP contribution in [0, 0.1) is 5.92 Å². The Balaban J connectivity index is 0. The highest BCUT2D eigenvalue weighted by atomic mass is 35.5. The molecule has 0 rings (SSSR count). The van der Waals surface area contributed by atoms with E-state index in [1.807, 2.05) is 0 Å². The fourth-order valence-electron chi connectivity index (χ4n) is 0.129. The van der Waals surface area contributed by atoms with E-state index >= 15 is 0 Å². The number of hydroxylamine groups is 1. The molecule has 2 N–H and O–H groups in total. The van der Waals surface area contributed by atoms with E-state index in [0.29, 0.717) is 0 Å². The maximum atomic E-state index is 10.2. The summed E-state index contributed by atoms with van der Waals surface area (Å²) in [5.41, 5.74) is 1.53. The molecule has 0 fully saturated rings. The van der Waals surface area contributed by atoms with Gasteiger partial charge in [0.2, 0.25) is 5.91 Å². The molecule has 0 aromatic heterocycles. The summed E-state index contributed by atoms with van der Waals surface area (Å²) in [5, 5.41) is 7.91. The molecule has 50 valence electrons. The van der Waals surface area contributed by atoms with Crippen LogP contribution in [0.4, 0.5) is 0 Å². The predicted molar refractivity (Wildman–Crippen MR) is 32.0 cm³/mol. The number of rotatable bonds is 1. The lowest BCUT2D eigenvalue weighted by Gasteiger charge is -1.97. The summed E-state index contributed by atoms with van der Waals surface area (Å²) in [6.45, 7) is 3.40. The number of hydrogen-bond donors (Lipinski definition) is 2. The van der Waals surface area contributed by atoms with Crippen LogP contribution in [0.5, 0.6) is 0 Å². The van der Waals surface area contributed by atoms with Crippen LogP contribution in [-0.4, -0.2) is 11.1 Å². The molecule has 0 aromatic rings.